The number of anilines is 2. The average Bonchev–Trinajstić information content (AvgIpc) is 2.81. The molecule has 0 spiro atoms. The molecule has 3 aromatic heterocycles. The van der Waals surface area contributed by atoms with E-state index in [-0.39, 0.29) is 40.1 Å². The molecular weight excluding hydrogens is 446 g/mol. The van der Waals surface area contributed by atoms with Gasteiger partial charge >= 0.3 is 0 Å². The number of phenolic OH excluding ortho intramolecular Hbond substituents is 2. The van der Waals surface area contributed by atoms with Gasteiger partial charge in [-0.15, -0.1) is 10.2 Å². The lowest BCUT2D eigenvalue weighted by Gasteiger charge is -2.22. The monoisotopic (exact) mass is 463 g/mol. The number of halogens is 1. The minimum atomic E-state index is -0.310. The second kappa shape index (κ2) is 9.83. The van der Waals surface area contributed by atoms with Crippen molar-refractivity contribution in [1.82, 2.24) is 24.9 Å². The summed E-state index contributed by atoms with van der Waals surface area (Å²) in [5.41, 5.74) is 7.51. The Balaban J connectivity index is 1.66. The maximum Gasteiger partial charge on any atom is 0.275 e. The van der Waals surface area contributed by atoms with Crippen LogP contribution in [-0.4, -0.2) is 35.1 Å². The Morgan fingerprint density at radius 2 is 1.52 bits per heavy atom. The van der Waals surface area contributed by atoms with E-state index >= 15 is 0 Å². The summed E-state index contributed by atoms with van der Waals surface area (Å²) < 4.78 is 0. The van der Waals surface area contributed by atoms with Gasteiger partial charge in [0.25, 0.3) is 5.95 Å². The van der Waals surface area contributed by atoms with Gasteiger partial charge in [-0.05, 0) is 30.3 Å². The maximum atomic E-state index is 9.95. The molecule has 4 aromatic rings. The number of hydrogen-bond acceptors (Lipinski definition) is 11. The van der Waals surface area contributed by atoms with Crippen LogP contribution in [0, 0.1) is 0 Å². The van der Waals surface area contributed by atoms with Crippen molar-refractivity contribution < 1.29 is 10.2 Å². The SMILES string of the molecule is Nc1nc(N=Nc2cc(Cl)c(O)cc2O)nc(N(Cc2ccccn2)Cc2ccccn2)n1. The van der Waals surface area contributed by atoms with Gasteiger partial charge in [-0.2, -0.15) is 15.0 Å². The molecule has 1 aromatic carbocycles. The molecule has 12 heteroatoms. The van der Waals surface area contributed by atoms with E-state index in [9.17, 15) is 10.2 Å². The maximum absolute atomic E-state index is 9.95. The summed E-state index contributed by atoms with van der Waals surface area (Å²) in [7, 11) is 0. The number of nitrogen functional groups attached to an aromatic ring is 1. The number of nitrogens with two attached hydrogens (primary N) is 1. The van der Waals surface area contributed by atoms with Crippen molar-refractivity contribution in [3.05, 3.63) is 77.3 Å². The van der Waals surface area contributed by atoms with E-state index in [1.807, 2.05) is 41.3 Å². The fourth-order valence-electron chi connectivity index (χ4n) is 2.85. The minimum absolute atomic E-state index is 0.00879. The Morgan fingerprint density at radius 1 is 0.848 bits per heavy atom. The van der Waals surface area contributed by atoms with E-state index in [1.54, 1.807) is 12.4 Å². The smallest absolute Gasteiger partial charge is 0.275 e. The van der Waals surface area contributed by atoms with Crippen molar-refractivity contribution in [2.24, 2.45) is 10.2 Å². The molecule has 0 aliphatic heterocycles. The summed E-state index contributed by atoms with van der Waals surface area (Å²) in [6, 6.07) is 13.5. The number of phenols is 2. The molecule has 0 radical (unpaired) electrons. The highest BCUT2D eigenvalue weighted by Gasteiger charge is 2.16. The minimum Gasteiger partial charge on any atom is -0.506 e. The van der Waals surface area contributed by atoms with Crippen molar-refractivity contribution >= 4 is 35.1 Å². The highest BCUT2D eigenvalue weighted by atomic mass is 35.5. The fourth-order valence-corrected chi connectivity index (χ4v) is 3.00. The predicted octanol–water partition coefficient (Wildman–Crippen LogP) is 3.93. The van der Waals surface area contributed by atoms with Crippen LogP contribution in [0.25, 0.3) is 0 Å². The lowest BCUT2D eigenvalue weighted by Crippen LogP contribution is -2.25. The van der Waals surface area contributed by atoms with Crippen LogP contribution in [0.1, 0.15) is 11.4 Å². The molecule has 4 rings (SSSR count). The van der Waals surface area contributed by atoms with Crippen LogP contribution in [0.2, 0.25) is 5.02 Å². The largest absolute Gasteiger partial charge is 0.506 e. The molecule has 166 valence electrons. The normalized spacial score (nSPS) is 11.1. The molecule has 4 N–H and O–H groups in total. The zero-order valence-electron chi connectivity index (χ0n) is 17.1. The molecule has 33 heavy (non-hydrogen) atoms. The molecule has 3 heterocycles. The van der Waals surface area contributed by atoms with Crippen molar-refractivity contribution in [2.45, 2.75) is 13.1 Å². The van der Waals surface area contributed by atoms with Gasteiger partial charge < -0.3 is 20.8 Å². The summed E-state index contributed by atoms with van der Waals surface area (Å²) in [6.07, 6.45) is 3.40. The first-order valence-corrected chi connectivity index (χ1v) is 10.1. The fraction of sp³-hybridized carbons (Fsp3) is 0.0952. The first kappa shape index (κ1) is 21.8. The Bertz CT molecular complexity index is 1230. The van der Waals surface area contributed by atoms with E-state index in [0.29, 0.717) is 13.1 Å². The van der Waals surface area contributed by atoms with Crippen LogP contribution >= 0.6 is 11.6 Å². The first-order valence-electron chi connectivity index (χ1n) is 9.67. The number of aromatic hydroxyl groups is 2. The predicted molar refractivity (Wildman–Crippen MR) is 122 cm³/mol. The standard InChI is InChI=1S/C21H18ClN9O2/c22-15-9-16(18(33)10-17(15)32)29-30-20-26-19(23)27-21(28-20)31(11-13-5-1-3-7-24-13)12-14-6-2-4-8-25-14/h1-10,32-33H,11-12H2,(H2,23,26,27,28). The van der Waals surface area contributed by atoms with Crippen LogP contribution in [0.5, 0.6) is 11.5 Å². The average molecular weight is 464 g/mol. The van der Waals surface area contributed by atoms with Crippen molar-refractivity contribution in [1.29, 1.82) is 0 Å². The second-order valence-electron chi connectivity index (χ2n) is 6.78. The Morgan fingerprint density at radius 3 is 2.12 bits per heavy atom. The highest BCUT2D eigenvalue weighted by Crippen LogP contribution is 2.36. The summed E-state index contributed by atoms with van der Waals surface area (Å²) >= 11 is 5.87. The number of aromatic nitrogens is 5. The van der Waals surface area contributed by atoms with Crippen molar-refractivity contribution in [3.63, 3.8) is 0 Å². The van der Waals surface area contributed by atoms with E-state index in [4.69, 9.17) is 17.3 Å². The Hall–Kier alpha value is -4.38. The van der Waals surface area contributed by atoms with Gasteiger partial charge in [0, 0.05) is 18.5 Å². The van der Waals surface area contributed by atoms with Gasteiger partial charge in [-0.3, -0.25) is 9.97 Å². The molecule has 0 saturated heterocycles. The molecule has 0 atom stereocenters. The molecule has 11 nitrogen and oxygen atoms in total. The Kier molecular flexibility index (Phi) is 6.51. The van der Waals surface area contributed by atoms with E-state index in [2.05, 4.69) is 35.1 Å². The van der Waals surface area contributed by atoms with E-state index in [0.717, 1.165) is 17.5 Å². The van der Waals surface area contributed by atoms with Crippen LogP contribution in [0.15, 0.2) is 71.2 Å². The topological polar surface area (TPSA) is 159 Å². The first-order chi connectivity index (χ1) is 16.0. The molecule has 0 amide bonds. The number of rotatable bonds is 7. The zero-order valence-corrected chi connectivity index (χ0v) is 17.9. The van der Waals surface area contributed by atoms with Gasteiger partial charge in [-0.25, -0.2) is 0 Å². The third-order valence-electron chi connectivity index (χ3n) is 4.36. The zero-order chi connectivity index (χ0) is 23.2. The van der Waals surface area contributed by atoms with Gasteiger partial charge in [0.1, 0.15) is 17.2 Å². The Labute approximate surface area is 193 Å². The quantitative estimate of drug-likeness (QED) is 0.345. The van der Waals surface area contributed by atoms with E-state index < -0.39 is 0 Å². The molecule has 0 aliphatic carbocycles. The molecule has 0 saturated carbocycles. The third-order valence-corrected chi connectivity index (χ3v) is 4.66. The summed E-state index contributed by atoms with van der Waals surface area (Å²) in [6.45, 7) is 0.762. The molecule has 0 fully saturated rings. The number of hydrogen-bond donors (Lipinski definition) is 3. The molecule has 0 aliphatic rings. The van der Waals surface area contributed by atoms with Gasteiger partial charge in [0.2, 0.25) is 11.9 Å². The van der Waals surface area contributed by atoms with Crippen LogP contribution in [0.3, 0.4) is 0 Å². The summed E-state index contributed by atoms with van der Waals surface area (Å²) in [5.74, 6) is -0.475. The molecule has 0 unspecified atom stereocenters. The summed E-state index contributed by atoms with van der Waals surface area (Å²) in [4.78, 5) is 23.1. The van der Waals surface area contributed by atoms with E-state index in [1.165, 1.54) is 6.07 Å². The van der Waals surface area contributed by atoms with Crippen molar-refractivity contribution in [3.8, 4) is 11.5 Å². The van der Waals surface area contributed by atoms with Gasteiger partial charge in [-0.1, -0.05) is 23.7 Å². The second-order valence-corrected chi connectivity index (χ2v) is 7.19. The van der Waals surface area contributed by atoms with Gasteiger partial charge in [0.15, 0.2) is 0 Å². The number of nitrogens with zero attached hydrogens (tertiary/aromatic N) is 8. The van der Waals surface area contributed by atoms with Crippen LogP contribution in [0.4, 0.5) is 23.5 Å². The lowest BCUT2D eigenvalue weighted by atomic mass is 10.3. The van der Waals surface area contributed by atoms with Crippen LogP contribution < -0.4 is 10.6 Å². The number of azo groups is 1. The number of pyridine rings is 2. The van der Waals surface area contributed by atoms with Crippen molar-refractivity contribution in [2.75, 3.05) is 10.6 Å². The van der Waals surface area contributed by atoms with Gasteiger partial charge in [0.05, 0.1) is 29.5 Å². The summed E-state index contributed by atoms with van der Waals surface area (Å²) in [5, 5.41) is 27.4. The van der Waals surface area contributed by atoms with Crippen LogP contribution in [-0.2, 0) is 13.1 Å². The third kappa shape index (κ3) is 5.66. The molecule has 0 bridgehead atoms. The highest BCUT2D eigenvalue weighted by molar-refractivity contribution is 6.32. The lowest BCUT2D eigenvalue weighted by molar-refractivity contribution is 0.451. The number of benzene rings is 1. The molecular formula is C21H18ClN9O2.